The number of rotatable bonds is 5. The molecule has 3 rings (SSSR count). The van der Waals surface area contributed by atoms with Crippen LogP contribution in [0.25, 0.3) is 6.08 Å². The average Bonchev–Trinajstić information content (AvgIpc) is 2.63. The Balaban J connectivity index is 1.80. The minimum atomic E-state index is -1.27. The summed E-state index contributed by atoms with van der Waals surface area (Å²) in [6.07, 6.45) is 1.40. The lowest BCUT2D eigenvalue weighted by molar-refractivity contribution is -0.222. The van der Waals surface area contributed by atoms with Gasteiger partial charge in [-0.1, -0.05) is 40.2 Å². The molecule has 0 atom stereocenters. The molecule has 1 aliphatic heterocycles. The average molecular weight is 447 g/mol. The Kier molecular flexibility index (Phi) is 5.74. The number of cyclic esters (lactones) is 2. The summed E-state index contributed by atoms with van der Waals surface area (Å²) in [7, 11) is 1.52. The fraction of sp³-hybridized carbons (Fsp3) is 0.238. The van der Waals surface area contributed by atoms with E-state index in [1.807, 2.05) is 24.3 Å². The number of methoxy groups -OCH3 is 1. The fourth-order valence-electron chi connectivity index (χ4n) is 2.61. The van der Waals surface area contributed by atoms with Gasteiger partial charge in [0.1, 0.15) is 12.2 Å². The molecule has 146 valence electrons. The number of carbonyl (C=O) groups excluding carboxylic acids is 2. The molecule has 1 aliphatic rings. The summed E-state index contributed by atoms with van der Waals surface area (Å²) < 4.78 is 22.4. The van der Waals surface area contributed by atoms with Crippen molar-refractivity contribution in [3.05, 3.63) is 63.6 Å². The molecule has 0 aromatic heterocycles. The molecule has 0 amide bonds. The third-order valence-corrected chi connectivity index (χ3v) is 4.73. The summed E-state index contributed by atoms with van der Waals surface area (Å²) in [6, 6.07) is 12.9. The summed E-state index contributed by atoms with van der Waals surface area (Å²) in [5, 5.41) is 0. The van der Waals surface area contributed by atoms with Crippen LogP contribution in [-0.2, 0) is 25.7 Å². The molecular weight excluding hydrogens is 428 g/mol. The van der Waals surface area contributed by atoms with Gasteiger partial charge >= 0.3 is 11.9 Å². The topological polar surface area (TPSA) is 71.1 Å². The summed E-state index contributed by atoms with van der Waals surface area (Å²) >= 11 is 3.48. The molecule has 28 heavy (non-hydrogen) atoms. The van der Waals surface area contributed by atoms with Gasteiger partial charge in [0.25, 0.3) is 5.79 Å². The van der Waals surface area contributed by atoms with E-state index in [2.05, 4.69) is 15.9 Å². The number of ether oxygens (including phenoxy) is 4. The number of halogens is 1. The molecule has 7 heteroatoms. The second-order valence-corrected chi connectivity index (χ2v) is 7.38. The third kappa shape index (κ3) is 4.54. The normalized spacial score (nSPS) is 15.5. The Bertz CT molecular complexity index is 926. The molecule has 0 bridgehead atoms. The van der Waals surface area contributed by atoms with Crippen LogP contribution in [0.2, 0.25) is 0 Å². The van der Waals surface area contributed by atoms with E-state index in [0.717, 1.165) is 10.0 Å². The van der Waals surface area contributed by atoms with Crippen molar-refractivity contribution in [3.63, 3.8) is 0 Å². The summed E-state index contributed by atoms with van der Waals surface area (Å²) in [4.78, 5) is 24.2. The zero-order chi connectivity index (χ0) is 20.3. The molecule has 0 unspecified atom stereocenters. The number of benzene rings is 2. The van der Waals surface area contributed by atoms with Crippen molar-refractivity contribution in [3.8, 4) is 11.5 Å². The van der Waals surface area contributed by atoms with Crippen molar-refractivity contribution in [2.75, 3.05) is 7.11 Å². The Labute approximate surface area is 171 Å². The predicted molar refractivity (Wildman–Crippen MR) is 106 cm³/mol. The van der Waals surface area contributed by atoms with Crippen LogP contribution < -0.4 is 9.47 Å². The van der Waals surface area contributed by atoms with Gasteiger partial charge in [0.05, 0.1) is 7.11 Å². The summed E-state index contributed by atoms with van der Waals surface area (Å²) in [5.74, 6) is -1.72. The van der Waals surface area contributed by atoms with Gasteiger partial charge in [0.15, 0.2) is 11.5 Å². The summed E-state index contributed by atoms with van der Waals surface area (Å²) in [6.45, 7) is 3.35. The van der Waals surface area contributed by atoms with Gasteiger partial charge in [0.2, 0.25) is 0 Å². The largest absolute Gasteiger partial charge is 0.493 e. The van der Waals surface area contributed by atoms with Gasteiger partial charge in [0, 0.05) is 23.9 Å². The van der Waals surface area contributed by atoms with Crippen LogP contribution >= 0.6 is 15.9 Å². The lowest BCUT2D eigenvalue weighted by Gasteiger charge is -2.29. The van der Waals surface area contributed by atoms with Gasteiger partial charge in [-0.3, -0.25) is 0 Å². The highest BCUT2D eigenvalue weighted by Crippen LogP contribution is 2.31. The van der Waals surface area contributed by atoms with Crippen LogP contribution in [0.5, 0.6) is 11.5 Å². The van der Waals surface area contributed by atoms with E-state index in [1.165, 1.54) is 27.0 Å². The van der Waals surface area contributed by atoms with Crippen molar-refractivity contribution >= 4 is 33.9 Å². The first-order valence-corrected chi connectivity index (χ1v) is 9.31. The number of hydrogen-bond donors (Lipinski definition) is 0. The van der Waals surface area contributed by atoms with Crippen molar-refractivity contribution in [2.45, 2.75) is 26.2 Å². The molecule has 2 aromatic carbocycles. The van der Waals surface area contributed by atoms with E-state index < -0.39 is 17.7 Å². The third-order valence-electron chi connectivity index (χ3n) is 3.96. The van der Waals surface area contributed by atoms with Crippen molar-refractivity contribution in [2.24, 2.45) is 0 Å². The van der Waals surface area contributed by atoms with Crippen molar-refractivity contribution < 1.29 is 28.5 Å². The fourth-order valence-corrected chi connectivity index (χ4v) is 3.01. The highest BCUT2D eigenvalue weighted by molar-refractivity contribution is 9.10. The van der Waals surface area contributed by atoms with Gasteiger partial charge in [-0.15, -0.1) is 0 Å². The first-order valence-electron chi connectivity index (χ1n) is 8.52. The van der Waals surface area contributed by atoms with E-state index in [9.17, 15) is 9.59 Å². The molecule has 1 saturated heterocycles. The van der Waals surface area contributed by atoms with Crippen LogP contribution in [0.1, 0.15) is 25.0 Å². The molecule has 1 fully saturated rings. The monoisotopic (exact) mass is 446 g/mol. The highest BCUT2D eigenvalue weighted by Gasteiger charge is 2.38. The molecular formula is C21H19BrO6. The zero-order valence-electron chi connectivity index (χ0n) is 15.7. The van der Waals surface area contributed by atoms with Gasteiger partial charge in [-0.25, -0.2) is 9.59 Å². The molecule has 0 radical (unpaired) electrons. The van der Waals surface area contributed by atoms with Crippen molar-refractivity contribution in [1.82, 2.24) is 0 Å². The molecule has 6 nitrogen and oxygen atoms in total. The maximum atomic E-state index is 12.1. The molecule has 1 heterocycles. The molecule has 0 N–H and O–H groups in total. The second kappa shape index (κ2) is 8.06. The zero-order valence-corrected chi connectivity index (χ0v) is 17.2. The standard InChI is InChI=1S/C21H19BrO6/c1-21(2)27-19(23)15(20(24)28-21)10-13-8-9-17(18(11-13)25-3)26-12-14-6-4-5-7-16(14)22/h4-11H,12H2,1-3H3. The Hall–Kier alpha value is -2.80. The van der Waals surface area contributed by atoms with E-state index >= 15 is 0 Å². The van der Waals surface area contributed by atoms with Crippen molar-refractivity contribution in [1.29, 1.82) is 0 Å². The van der Waals surface area contributed by atoms with Gasteiger partial charge in [-0.2, -0.15) is 0 Å². The van der Waals surface area contributed by atoms with Crippen LogP contribution in [-0.4, -0.2) is 24.8 Å². The number of hydrogen-bond acceptors (Lipinski definition) is 6. The molecule has 2 aromatic rings. The van der Waals surface area contributed by atoms with Gasteiger partial charge in [-0.05, 0) is 29.8 Å². The Morgan fingerprint density at radius 1 is 1.04 bits per heavy atom. The summed E-state index contributed by atoms with van der Waals surface area (Å²) in [5.41, 5.74) is 1.39. The van der Waals surface area contributed by atoms with E-state index in [-0.39, 0.29) is 5.57 Å². The Morgan fingerprint density at radius 2 is 1.71 bits per heavy atom. The minimum absolute atomic E-state index is 0.178. The van der Waals surface area contributed by atoms with E-state index in [1.54, 1.807) is 18.2 Å². The minimum Gasteiger partial charge on any atom is -0.493 e. The van der Waals surface area contributed by atoms with Gasteiger partial charge < -0.3 is 18.9 Å². The van der Waals surface area contributed by atoms with E-state index in [4.69, 9.17) is 18.9 Å². The van der Waals surface area contributed by atoms with Crippen LogP contribution in [0, 0.1) is 0 Å². The van der Waals surface area contributed by atoms with Crippen LogP contribution in [0.15, 0.2) is 52.5 Å². The van der Waals surface area contributed by atoms with E-state index in [0.29, 0.717) is 23.7 Å². The molecule has 0 aliphatic carbocycles. The number of esters is 2. The maximum absolute atomic E-state index is 12.1. The van der Waals surface area contributed by atoms with Crippen LogP contribution in [0.4, 0.5) is 0 Å². The Morgan fingerprint density at radius 3 is 2.36 bits per heavy atom. The quantitative estimate of drug-likeness (QED) is 0.388. The number of carbonyl (C=O) groups is 2. The predicted octanol–water partition coefficient (Wildman–Crippen LogP) is 4.26. The van der Waals surface area contributed by atoms with Crippen LogP contribution in [0.3, 0.4) is 0 Å². The maximum Gasteiger partial charge on any atom is 0.348 e. The lowest BCUT2D eigenvalue weighted by atomic mass is 10.1. The smallest absolute Gasteiger partial charge is 0.348 e. The first kappa shape index (κ1) is 19.9. The highest BCUT2D eigenvalue weighted by atomic mass is 79.9. The molecule has 0 saturated carbocycles. The molecule has 0 spiro atoms. The second-order valence-electron chi connectivity index (χ2n) is 6.53. The SMILES string of the molecule is COc1cc(C=C2C(=O)OC(C)(C)OC2=O)ccc1OCc1ccccc1Br. The lowest BCUT2D eigenvalue weighted by Crippen LogP contribution is -2.41. The first-order chi connectivity index (χ1) is 13.3.